The molecule has 0 radical (unpaired) electrons. The molecule has 0 spiro atoms. The Hall–Kier alpha value is -1.16. The average Bonchev–Trinajstić information content (AvgIpc) is 2.30. The molecular weight excluding hydrogens is 190 g/mol. The van der Waals surface area contributed by atoms with Crippen LogP contribution in [-0.4, -0.2) is 36.5 Å². The molecule has 1 fully saturated rings. The van der Waals surface area contributed by atoms with E-state index in [1.165, 1.54) is 0 Å². The topological polar surface area (TPSA) is 38.2 Å². The first kappa shape index (κ1) is 10.4. The Morgan fingerprint density at radius 3 is 2.60 bits per heavy atom. The number of ether oxygens (including phenoxy) is 1. The number of hydrogen-bond donors (Lipinski definition) is 0. The molecule has 15 heavy (non-hydrogen) atoms. The fourth-order valence-corrected chi connectivity index (χ4v) is 1.84. The summed E-state index contributed by atoms with van der Waals surface area (Å²) in [6, 6.07) is 4.56. The van der Waals surface area contributed by atoms with E-state index in [9.17, 15) is 0 Å². The maximum atomic E-state index is 5.34. The van der Waals surface area contributed by atoms with Crippen molar-refractivity contribution in [2.75, 3.05) is 25.2 Å². The fraction of sp³-hybridized carbons (Fsp3) is 0.636. The SMILES string of the molecule is Cc1ccc(N(C)C2CCOCC2)nn1. The van der Waals surface area contributed by atoms with Crippen LogP contribution >= 0.6 is 0 Å². The highest BCUT2D eigenvalue weighted by atomic mass is 16.5. The fourth-order valence-electron chi connectivity index (χ4n) is 1.84. The zero-order chi connectivity index (χ0) is 10.7. The van der Waals surface area contributed by atoms with Crippen molar-refractivity contribution >= 4 is 5.82 Å². The number of aromatic nitrogens is 2. The number of nitrogens with zero attached hydrogens (tertiary/aromatic N) is 3. The molecule has 1 aliphatic heterocycles. The van der Waals surface area contributed by atoms with E-state index in [-0.39, 0.29) is 0 Å². The van der Waals surface area contributed by atoms with E-state index in [4.69, 9.17) is 4.74 Å². The summed E-state index contributed by atoms with van der Waals surface area (Å²) in [5, 5.41) is 8.26. The standard InChI is InChI=1S/C11H17N3O/c1-9-3-4-11(13-12-9)14(2)10-5-7-15-8-6-10/h3-4,10H,5-8H2,1-2H3. The van der Waals surface area contributed by atoms with E-state index in [2.05, 4.69) is 22.1 Å². The molecule has 2 heterocycles. The van der Waals surface area contributed by atoms with Gasteiger partial charge in [-0.05, 0) is 31.9 Å². The van der Waals surface area contributed by atoms with Gasteiger partial charge in [0.2, 0.25) is 0 Å². The van der Waals surface area contributed by atoms with Crippen LogP contribution in [0.5, 0.6) is 0 Å². The van der Waals surface area contributed by atoms with Crippen LogP contribution in [0.3, 0.4) is 0 Å². The summed E-state index contributed by atoms with van der Waals surface area (Å²) in [6.07, 6.45) is 2.15. The van der Waals surface area contributed by atoms with Crippen molar-refractivity contribution in [3.8, 4) is 0 Å². The van der Waals surface area contributed by atoms with E-state index in [1.54, 1.807) is 0 Å². The Bertz CT molecular complexity index is 306. The number of rotatable bonds is 2. The summed E-state index contributed by atoms with van der Waals surface area (Å²) in [7, 11) is 2.08. The van der Waals surface area contributed by atoms with Crippen LogP contribution in [0.4, 0.5) is 5.82 Å². The Kier molecular flexibility index (Phi) is 3.16. The highest BCUT2D eigenvalue weighted by Crippen LogP contribution is 2.18. The summed E-state index contributed by atoms with van der Waals surface area (Å²) in [6.45, 7) is 3.66. The lowest BCUT2D eigenvalue weighted by molar-refractivity contribution is 0.0853. The van der Waals surface area contributed by atoms with Gasteiger partial charge in [0.25, 0.3) is 0 Å². The Morgan fingerprint density at radius 2 is 2.00 bits per heavy atom. The molecular formula is C11H17N3O. The summed E-state index contributed by atoms with van der Waals surface area (Å²) in [5.41, 5.74) is 0.958. The zero-order valence-electron chi connectivity index (χ0n) is 9.31. The quantitative estimate of drug-likeness (QED) is 0.734. The van der Waals surface area contributed by atoms with Crippen molar-refractivity contribution < 1.29 is 4.74 Å². The second kappa shape index (κ2) is 4.57. The van der Waals surface area contributed by atoms with Gasteiger partial charge in [0, 0.05) is 26.3 Å². The van der Waals surface area contributed by atoms with Gasteiger partial charge >= 0.3 is 0 Å². The minimum absolute atomic E-state index is 0.538. The van der Waals surface area contributed by atoms with Gasteiger partial charge in [0.05, 0.1) is 5.69 Å². The maximum absolute atomic E-state index is 5.34. The van der Waals surface area contributed by atoms with E-state index in [0.29, 0.717) is 6.04 Å². The van der Waals surface area contributed by atoms with Gasteiger partial charge < -0.3 is 9.64 Å². The van der Waals surface area contributed by atoms with Gasteiger partial charge in [-0.2, -0.15) is 5.10 Å². The summed E-state index contributed by atoms with van der Waals surface area (Å²) in [5.74, 6) is 0.951. The van der Waals surface area contributed by atoms with Crippen LogP contribution in [0.1, 0.15) is 18.5 Å². The van der Waals surface area contributed by atoms with Crippen LogP contribution < -0.4 is 4.90 Å². The van der Waals surface area contributed by atoms with Crippen molar-refractivity contribution in [1.82, 2.24) is 10.2 Å². The van der Waals surface area contributed by atoms with E-state index < -0.39 is 0 Å². The van der Waals surface area contributed by atoms with Gasteiger partial charge in [-0.1, -0.05) is 0 Å². The number of anilines is 1. The summed E-state index contributed by atoms with van der Waals surface area (Å²) in [4.78, 5) is 2.20. The van der Waals surface area contributed by atoms with Crippen LogP contribution in [0, 0.1) is 6.92 Å². The summed E-state index contributed by atoms with van der Waals surface area (Å²) >= 11 is 0. The molecule has 4 nitrogen and oxygen atoms in total. The molecule has 1 aromatic rings. The van der Waals surface area contributed by atoms with E-state index in [1.807, 2.05) is 19.1 Å². The van der Waals surface area contributed by atoms with E-state index in [0.717, 1.165) is 37.6 Å². The minimum atomic E-state index is 0.538. The molecule has 0 bridgehead atoms. The first-order chi connectivity index (χ1) is 7.27. The van der Waals surface area contributed by atoms with Crippen molar-refractivity contribution in [3.05, 3.63) is 17.8 Å². The van der Waals surface area contributed by atoms with Crippen LogP contribution in [0.25, 0.3) is 0 Å². The minimum Gasteiger partial charge on any atom is -0.381 e. The third-order valence-electron chi connectivity index (χ3n) is 2.88. The Labute approximate surface area is 90.3 Å². The predicted octanol–water partition coefficient (Wildman–Crippen LogP) is 1.40. The second-order valence-electron chi connectivity index (χ2n) is 3.99. The summed E-state index contributed by atoms with van der Waals surface area (Å²) < 4.78 is 5.34. The molecule has 0 atom stereocenters. The molecule has 0 aromatic carbocycles. The largest absolute Gasteiger partial charge is 0.381 e. The van der Waals surface area contributed by atoms with Gasteiger partial charge in [-0.25, -0.2) is 0 Å². The maximum Gasteiger partial charge on any atom is 0.151 e. The number of aryl methyl sites for hydroxylation is 1. The van der Waals surface area contributed by atoms with Crippen molar-refractivity contribution in [3.63, 3.8) is 0 Å². The molecule has 0 saturated carbocycles. The molecule has 4 heteroatoms. The highest BCUT2D eigenvalue weighted by Gasteiger charge is 2.19. The molecule has 1 aliphatic rings. The van der Waals surface area contributed by atoms with Gasteiger partial charge in [-0.3, -0.25) is 0 Å². The highest BCUT2D eigenvalue weighted by molar-refractivity contribution is 5.37. The molecule has 2 rings (SSSR count). The van der Waals surface area contributed by atoms with Gasteiger partial charge in [0.1, 0.15) is 0 Å². The van der Waals surface area contributed by atoms with Gasteiger partial charge in [-0.15, -0.1) is 5.10 Å². The monoisotopic (exact) mass is 207 g/mol. The third kappa shape index (κ3) is 2.45. The Balaban J connectivity index is 2.05. The first-order valence-corrected chi connectivity index (χ1v) is 5.38. The molecule has 0 N–H and O–H groups in total. The molecule has 0 aliphatic carbocycles. The average molecular weight is 207 g/mol. The smallest absolute Gasteiger partial charge is 0.151 e. The molecule has 0 amide bonds. The van der Waals surface area contributed by atoms with E-state index >= 15 is 0 Å². The van der Waals surface area contributed by atoms with Crippen molar-refractivity contribution in [2.24, 2.45) is 0 Å². The lowest BCUT2D eigenvalue weighted by Gasteiger charge is -2.31. The normalized spacial score (nSPS) is 17.7. The third-order valence-corrected chi connectivity index (χ3v) is 2.88. The lowest BCUT2D eigenvalue weighted by atomic mass is 10.1. The predicted molar refractivity (Wildman–Crippen MR) is 59.0 cm³/mol. The molecule has 82 valence electrons. The first-order valence-electron chi connectivity index (χ1n) is 5.38. The Morgan fingerprint density at radius 1 is 1.27 bits per heavy atom. The van der Waals surface area contributed by atoms with Crippen LogP contribution in [0.15, 0.2) is 12.1 Å². The molecule has 1 aromatic heterocycles. The van der Waals surface area contributed by atoms with Crippen molar-refractivity contribution in [2.45, 2.75) is 25.8 Å². The number of hydrogen-bond acceptors (Lipinski definition) is 4. The van der Waals surface area contributed by atoms with Crippen LogP contribution in [-0.2, 0) is 4.74 Å². The van der Waals surface area contributed by atoms with Gasteiger partial charge in [0.15, 0.2) is 5.82 Å². The zero-order valence-corrected chi connectivity index (χ0v) is 9.31. The van der Waals surface area contributed by atoms with Crippen LogP contribution in [0.2, 0.25) is 0 Å². The lowest BCUT2D eigenvalue weighted by Crippen LogP contribution is -2.37. The molecule has 1 saturated heterocycles. The molecule has 0 unspecified atom stereocenters. The second-order valence-corrected chi connectivity index (χ2v) is 3.99. The van der Waals surface area contributed by atoms with Crippen molar-refractivity contribution in [1.29, 1.82) is 0 Å².